The molecule has 0 unspecified atom stereocenters. The number of pyridine rings is 2. The van der Waals surface area contributed by atoms with Crippen LogP contribution in [0.15, 0.2) is 401 Å². The van der Waals surface area contributed by atoms with E-state index in [1.54, 1.807) is 12.4 Å². The average molecular weight is 1950 g/mol. The van der Waals surface area contributed by atoms with Gasteiger partial charge in [-0.05, 0) is 219 Å². The molecular weight excluding hydrogens is 1850 g/mol. The first-order chi connectivity index (χ1) is 65.2. The Balaban J connectivity index is 0.000000111. The van der Waals surface area contributed by atoms with E-state index in [1.807, 2.05) is 71.3 Å². The maximum Gasteiger partial charge on any atom is 0.155 e. The number of aromatic nitrogens is 8. The Kier molecular flexibility index (Phi) is 22.1. The SMILES string of the molecule is CC(C)N1C=CN(c2[c-]c(N3C=CN(C(C)C)[CH-]3)cc(C(C)(C)C)c2)[CH-]1.[Ir].[c-]1ccccc1-c1cccc(-c2ncc[n-]2)n1.c1cc(-c2cccc(-n3c4ccccc4c4cc(-n5c6ccccc6c6ccccc65)ccc43)c2)cc(-c2cccc3c2sc2ccccc23)c1.c1ccc2c(c1)c1ccccc1n2-c1ccc2sc3c(-n4c5ccccc5c5ccccc54)nccc3c2c1. The maximum atomic E-state index is 4.97. The molecule has 0 atom stereocenters. The van der Waals surface area contributed by atoms with Gasteiger partial charge in [0.1, 0.15) is 0 Å². The minimum absolute atomic E-state index is 0. The van der Waals surface area contributed by atoms with Crippen LogP contribution >= 0.6 is 22.7 Å². The van der Waals surface area contributed by atoms with Gasteiger partial charge >= 0.3 is 0 Å². The van der Waals surface area contributed by atoms with E-state index in [9.17, 15) is 0 Å². The predicted octanol–water partition coefficient (Wildman–Crippen LogP) is 30.8. The largest absolute Gasteiger partial charge is 0.506 e. The number of hydrogen-bond donors (Lipinski definition) is 0. The first-order valence-corrected chi connectivity index (χ1v) is 46.9. The Morgan fingerprint density at radius 1 is 0.343 bits per heavy atom. The normalized spacial score (nSPS) is 12.8. The summed E-state index contributed by atoms with van der Waals surface area (Å²) in [5.41, 5.74) is 24.2. The van der Waals surface area contributed by atoms with Crippen LogP contribution in [-0.2, 0) is 25.5 Å². The molecule has 134 heavy (non-hydrogen) atoms. The van der Waals surface area contributed by atoms with Crippen molar-refractivity contribution in [1.82, 2.24) is 48.0 Å². The molecule has 15 heteroatoms. The summed E-state index contributed by atoms with van der Waals surface area (Å²) in [5, 5.41) is 15.3. The van der Waals surface area contributed by atoms with Crippen LogP contribution in [-0.4, -0.2) is 55.1 Å². The number of hydrogen-bond acceptors (Lipinski definition) is 9. The summed E-state index contributed by atoms with van der Waals surface area (Å²) >= 11 is 3.71. The van der Waals surface area contributed by atoms with Crippen molar-refractivity contribution < 1.29 is 20.1 Å². The van der Waals surface area contributed by atoms with Crippen LogP contribution < -0.4 is 14.8 Å². The molecule has 24 aromatic rings. The molecule has 0 bridgehead atoms. The van der Waals surface area contributed by atoms with E-state index in [-0.39, 0.29) is 25.5 Å². The summed E-state index contributed by atoms with van der Waals surface area (Å²) in [6, 6.07) is 136. The first-order valence-electron chi connectivity index (χ1n) is 45.3. The number of nitrogens with zero attached hydrogens (tertiary/aromatic N) is 12. The first kappa shape index (κ1) is 84.3. The Morgan fingerprint density at radius 3 is 1.32 bits per heavy atom. The van der Waals surface area contributed by atoms with E-state index in [0.29, 0.717) is 17.9 Å². The number of thiophene rings is 2. The molecule has 11 heterocycles. The molecule has 2 aliphatic heterocycles. The Morgan fingerprint density at radius 2 is 0.784 bits per heavy atom. The zero-order valence-corrected chi connectivity index (χ0v) is 79.0. The van der Waals surface area contributed by atoms with E-state index in [4.69, 9.17) is 4.98 Å². The van der Waals surface area contributed by atoms with Gasteiger partial charge in [0.05, 0.1) is 54.5 Å². The van der Waals surface area contributed by atoms with E-state index in [1.165, 1.54) is 167 Å². The van der Waals surface area contributed by atoms with Gasteiger partial charge in [-0.1, -0.05) is 239 Å². The van der Waals surface area contributed by atoms with Crippen LogP contribution in [0.25, 0.3) is 195 Å². The molecule has 653 valence electrons. The van der Waals surface area contributed by atoms with Crippen LogP contribution in [0.5, 0.6) is 0 Å². The van der Waals surface area contributed by atoms with Gasteiger partial charge in [0.15, 0.2) is 5.82 Å². The monoisotopic (exact) mass is 1940 g/mol. The third-order valence-corrected chi connectivity index (χ3v) is 28.1. The van der Waals surface area contributed by atoms with Gasteiger partial charge in [0, 0.05) is 122 Å². The smallest absolute Gasteiger partial charge is 0.155 e. The molecule has 26 rings (SSSR count). The number of benzene rings is 15. The summed E-state index contributed by atoms with van der Waals surface area (Å²) in [6.07, 6.45) is 13.7. The number of rotatable bonds is 12. The van der Waals surface area contributed by atoms with Crippen LogP contribution in [0, 0.1) is 25.5 Å². The van der Waals surface area contributed by atoms with Crippen LogP contribution in [0.3, 0.4) is 0 Å². The summed E-state index contributed by atoms with van der Waals surface area (Å²) in [5.74, 6) is 1.65. The Labute approximate surface area is 799 Å². The molecule has 12 nitrogen and oxygen atoms in total. The third-order valence-electron chi connectivity index (χ3n) is 25.7. The molecule has 0 saturated heterocycles. The predicted molar refractivity (Wildman–Crippen MR) is 560 cm³/mol. The number of anilines is 2. The van der Waals surface area contributed by atoms with Crippen molar-refractivity contribution in [2.24, 2.45) is 0 Å². The van der Waals surface area contributed by atoms with Crippen LogP contribution in [0.4, 0.5) is 11.4 Å². The second-order valence-electron chi connectivity index (χ2n) is 35.5. The zero-order valence-electron chi connectivity index (χ0n) is 74.9. The van der Waals surface area contributed by atoms with Crippen molar-refractivity contribution >= 4 is 162 Å². The van der Waals surface area contributed by atoms with Gasteiger partial charge in [0.2, 0.25) is 0 Å². The second-order valence-corrected chi connectivity index (χ2v) is 37.7. The summed E-state index contributed by atoms with van der Waals surface area (Å²) in [7, 11) is 0. The van der Waals surface area contributed by atoms with Crippen LogP contribution in [0.2, 0.25) is 0 Å². The Hall–Kier alpha value is -15.2. The minimum atomic E-state index is 0. The summed E-state index contributed by atoms with van der Waals surface area (Å²) in [4.78, 5) is 26.5. The van der Waals surface area contributed by atoms with Gasteiger partial charge in [0.25, 0.3) is 0 Å². The quantitative estimate of drug-likeness (QED) is 0.112. The van der Waals surface area contributed by atoms with E-state index < -0.39 is 0 Å². The molecule has 15 aromatic carbocycles. The number of imidazole rings is 1. The minimum Gasteiger partial charge on any atom is -0.506 e. The fraction of sp³-hybridized carbons (Fsp3) is 0.0840. The van der Waals surface area contributed by atoms with E-state index >= 15 is 0 Å². The van der Waals surface area contributed by atoms with Crippen molar-refractivity contribution in [1.29, 1.82) is 0 Å². The van der Waals surface area contributed by atoms with E-state index in [2.05, 4.69) is 467 Å². The molecular formula is C119H91IrN12S2-5. The molecule has 0 aliphatic carbocycles. The van der Waals surface area contributed by atoms with Gasteiger partial charge in [-0.15, -0.1) is 93.7 Å². The van der Waals surface area contributed by atoms with Gasteiger partial charge in [-0.2, -0.15) is 13.3 Å². The van der Waals surface area contributed by atoms with Gasteiger partial charge in [-0.3, -0.25) is 9.55 Å². The Bertz CT molecular complexity index is 8440. The fourth-order valence-electron chi connectivity index (χ4n) is 19.1. The second kappa shape index (κ2) is 35.1. The molecule has 0 spiro atoms. The summed E-state index contributed by atoms with van der Waals surface area (Å²) in [6.45, 7) is 19.8. The summed E-state index contributed by atoms with van der Waals surface area (Å²) < 4.78 is 14.7. The number of fused-ring (bicyclic) bond motifs is 18. The fourth-order valence-corrected chi connectivity index (χ4v) is 21.5. The molecule has 1 radical (unpaired) electrons. The van der Waals surface area contributed by atoms with Crippen molar-refractivity contribution in [3.63, 3.8) is 0 Å². The average Bonchev–Trinajstić information content (AvgIpc) is 1.57. The standard InChI is InChI=1S/C48H30N2S.C35H21N3S.C22H31N4.C14H9N3.Ir/c1-5-22-43-37(16-1)38-17-2-6-23-44(38)50(43)35-26-27-46-42(30-35)39-18-3-7-24-45(39)49(46)34-15-10-13-32(29-34)31-12-9-14-33(28-31)36-20-11-21-41-40-19-4-8-25-47(40)51-48(36)41;1-5-13-29-23(9-1)24-10-2-6-14-30(24)37(29)22-17-18-33-28(21-22)27-19-20-36-35(34(27)39-33)38-31-15-7-3-11-25(31)26-12-4-8-16-32(26)38;1-17(2)23-8-10-25(15-23)20-12-19(22(5,6)7)13-21(14-20)26-11-9-24(16-26)18(3)4;1-2-5-11(6-3-1)12-7-4-8-13(17-12)14-15-9-10-16-14;/h1-30H;1-21H;8-13,15-18H,1-7H3;1-5,7-10H;/q;;-3;-2;. The molecule has 9 aromatic heterocycles. The van der Waals surface area contributed by atoms with Crippen molar-refractivity contribution in [2.75, 3.05) is 9.80 Å². The van der Waals surface area contributed by atoms with E-state index in [0.717, 1.165) is 39.8 Å². The molecule has 0 amide bonds. The van der Waals surface area contributed by atoms with Crippen LogP contribution in [0.1, 0.15) is 54.0 Å². The third kappa shape index (κ3) is 15.3. The molecule has 0 saturated carbocycles. The van der Waals surface area contributed by atoms with Crippen molar-refractivity contribution in [3.8, 4) is 67.9 Å². The molecule has 0 fully saturated rings. The molecule has 2 aliphatic rings. The van der Waals surface area contributed by atoms with Gasteiger partial charge < -0.3 is 43.3 Å². The number of para-hydroxylation sites is 7. The zero-order chi connectivity index (χ0) is 89.5. The van der Waals surface area contributed by atoms with Crippen molar-refractivity contribution in [3.05, 3.63) is 432 Å². The maximum absolute atomic E-state index is 4.97. The van der Waals surface area contributed by atoms with Crippen molar-refractivity contribution in [2.45, 2.75) is 66.0 Å². The van der Waals surface area contributed by atoms with Gasteiger partial charge in [-0.25, -0.2) is 4.98 Å². The topological polar surface area (TPSA) is 85.5 Å². The molecule has 0 N–H and O–H groups in total.